The molecule has 0 aliphatic rings. The van der Waals surface area contributed by atoms with E-state index in [9.17, 15) is 0 Å². The summed E-state index contributed by atoms with van der Waals surface area (Å²) in [6.07, 6.45) is 0.374. The molecule has 0 amide bonds. The summed E-state index contributed by atoms with van der Waals surface area (Å²) >= 11 is 0. The molecule has 0 saturated carbocycles. The van der Waals surface area contributed by atoms with Crippen LogP contribution in [0.15, 0.2) is 60.7 Å². The summed E-state index contributed by atoms with van der Waals surface area (Å²) in [6.45, 7) is 10.4. The van der Waals surface area contributed by atoms with Crippen LogP contribution in [-0.2, 0) is 0 Å². The molecule has 2 aromatic rings. The Kier molecular flexibility index (Phi) is 4.91. The van der Waals surface area contributed by atoms with E-state index >= 15 is 0 Å². The van der Waals surface area contributed by atoms with Crippen molar-refractivity contribution in [2.45, 2.75) is 32.7 Å². The van der Waals surface area contributed by atoms with Gasteiger partial charge in [-0.05, 0) is 49.6 Å². The van der Waals surface area contributed by atoms with Crippen LogP contribution in [0, 0.1) is 18.3 Å². The Morgan fingerprint density at radius 1 is 1.04 bits per heavy atom. The van der Waals surface area contributed by atoms with Crippen molar-refractivity contribution in [2.24, 2.45) is 0 Å². The van der Waals surface area contributed by atoms with Gasteiger partial charge < -0.3 is 4.90 Å². The van der Waals surface area contributed by atoms with Crippen LogP contribution in [0.25, 0.3) is 11.1 Å². The van der Waals surface area contributed by atoms with Crippen LogP contribution in [0.3, 0.4) is 0 Å². The quantitative estimate of drug-likeness (QED) is 0.696. The highest BCUT2D eigenvalue weighted by molar-refractivity contribution is 5.67. The lowest BCUT2D eigenvalue weighted by molar-refractivity contribution is 0.560. The van der Waals surface area contributed by atoms with Crippen LogP contribution in [0.4, 0.5) is 5.69 Å². The number of anilines is 1. The van der Waals surface area contributed by atoms with E-state index in [0.717, 1.165) is 11.3 Å². The van der Waals surface area contributed by atoms with Crippen molar-refractivity contribution in [3.05, 3.63) is 66.2 Å². The smallest absolute Gasteiger partial charge is 0.0666 e. The van der Waals surface area contributed by atoms with Crippen molar-refractivity contribution < 1.29 is 0 Å². The van der Waals surface area contributed by atoms with Crippen LogP contribution in [0.5, 0.6) is 0 Å². The Morgan fingerprint density at radius 3 is 2.00 bits per heavy atom. The number of nitriles is 1. The summed E-state index contributed by atoms with van der Waals surface area (Å²) in [5.74, 6) is 0. The minimum Gasteiger partial charge on any atom is -0.366 e. The van der Waals surface area contributed by atoms with E-state index in [1.165, 1.54) is 16.7 Å². The second kappa shape index (κ2) is 6.71. The van der Waals surface area contributed by atoms with Crippen molar-refractivity contribution >= 4 is 5.69 Å². The molecular weight excluding hydrogens is 280 g/mol. The summed E-state index contributed by atoms with van der Waals surface area (Å²) in [4.78, 5) is 2.17. The topological polar surface area (TPSA) is 27.0 Å². The lowest BCUT2D eigenvalue weighted by Gasteiger charge is -2.38. The second-order valence-electron chi connectivity index (χ2n) is 6.47. The zero-order valence-electron chi connectivity index (χ0n) is 14.4. The van der Waals surface area contributed by atoms with Gasteiger partial charge in [0.2, 0.25) is 0 Å². The molecule has 2 nitrogen and oxygen atoms in total. The fraction of sp³-hybridized carbons (Fsp3) is 0.286. The molecule has 2 heteroatoms. The molecule has 0 aromatic heterocycles. The van der Waals surface area contributed by atoms with Crippen LogP contribution >= 0.6 is 0 Å². The van der Waals surface area contributed by atoms with Crippen LogP contribution < -0.4 is 4.90 Å². The number of likely N-dealkylation sites (N-methyl/N-ethyl adjacent to an activating group) is 1. The third kappa shape index (κ3) is 3.63. The number of hydrogen-bond donors (Lipinski definition) is 0. The summed E-state index contributed by atoms with van der Waals surface area (Å²) in [7, 11) is 2.05. The SMILES string of the molecule is C=C(CC#N)C(C)(C)N(C)c1ccc(-c2ccc(C)cc2)cc1. The van der Waals surface area contributed by atoms with Crippen molar-refractivity contribution in [3.8, 4) is 17.2 Å². The molecule has 118 valence electrons. The summed E-state index contributed by atoms with van der Waals surface area (Å²) in [6, 6.07) is 19.3. The molecule has 0 atom stereocenters. The van der Waals surface area contributed by atoms with Gasteiger partial charge in [-0.25, -0.2) is 0 Å². The third-order valence-corrected chi connectivity index (χ3v) is 4.64. The van der Waals surface area contributed by atoms with E-state index in [0.29, 0.717) is 6.42 Å². The van der Waals surface area contributed by atoms with Crippen molar-refractivity contribution in [2.75, 3.05) is 11.9 Å². The van der Waals surface area contributed by atoms with E-state index < -0.39 is 0 Å². The van der Waals surface area contributed by atoms with Crippen molar-refractivity contribution in [1.29, 1.82) is 5.26 Å². The largest absolute Gasteiger partial charge is 0.366 e. The molecule has 0 aliphatic carbocycles. The number of aryl methyl sites for hydroxylation is 1. The minimum absolute atomic E-state index is 0.263. The van der Waals surface area contributed by atoms with Gasteiger partial charge in [0.25, 0.3) is 0 Å². The van der Waals surface area contributed by atoms with Crippen LogP contribution in [0.1, 0.15) is 25.8 Å². The van der Waals surface area contributed by atoms with E-state index in [4.69, 9.17) is 5.26 Å². The Hall–Kier alpha value is -2.53. The van der Waals surface area contributed by atoms with E-state index in [1.54, 1.807) is 0 Å². The summed E-state index contributed by atoms with van der Waals surface area (Å²) < 4.78 is 0. The van der Waals surface area contributed by atoms with Gasteiger partial charge in [0.15, 0.2) is 0 Å². The molecule has 0 N–H and O–H groups in total. The predicted molar refractivity (Wildman–Crippen MR) is 98.5 cm³/mol. The van der Waals surface area contributed by atoms with Gasteiger partial charge in [-0.1, -0.05) is 48.5 Å². The lowest BCUT2D eigenvalue weighted by Crippen LogP contribution is -2.42. The molecule has 0 saturated heterocycles. The normalized spacial score (nSPS) is 10.9. The maximum absolute atomic E-state index is 8.90. The number of benzene rings is 2. The fourth-order valence-corrected chi connectivity index (χ4v) is 2.50. The van der Waals surface area contributed by atoms with E-state index in [-0.39, 0.29) is 5.54 Å². The zero-order valence-corrected chi connectivity index (χ0v) is 14.4. The van der Waals surface area contributed by atoms with Crippen LogP contribution in [-0.4, -0.2) is 12.6 Å². The molecule has 0 spiro atoms. The van der Waals surface area contributed by atoms with E-state index in [2.05, 4.69) is 86.9 Å². The number of hydrogen-bond acceptors (Lipinski definition) is 2. The standard InChI is InChI=1S/C21H24N2/c1-16-6-8-18(9-7-16)19-10-12-20(13-11-19)23(5)21(3,4)17(2)14-15-22/h6-13H,2,14H2,1,3-5H3. The maximum atomic E-state index is 8.90. The maximum Gasteiger partial charge on any atom is 0.0666 e. The second-order valence-corrected chi connectivity index (χ2v) is 6.47. The van der Waals surface area contributed by atoms with Gasteiger partial charge in [0.1, 0.15) is 0 Å². The van der Waals surface area contributed by atoms with Gasteiger partial charge in [-0.15, -0.1) is 0 Å². The lowest BCUT2D eigenvalue weighted by atomic mass is 9.91. The first-order chi connectivity index (χ1) is 10.9. The van der Waals surface area contributed by atoms with Gasteiger partial charge >= 0.3 is 0 Å². The van der Waals surface area contributed by atoms with Gasteiger partial charge in [0.05, 0.1) is 18.0 Å². The van der Waals surface area contributed by atoms with Crippen molar-refractivity contribution in [1.82, 2.24) is 0 Å². The molecule has 0 heterocycles. The van der Waals surface area contributed by atoms with Crippen molar-refractivity contribution in [3.63, 3.8) is 0 Å². The molecule has 23 heavy (non-hydrogen) atoms. The Bertz CT molecular complexity index is 716. The average Bonchev–Trinajstić information content (AvgIpc) is 2.55. The minimum atomic E-state index is -0.263. The third-order valence-electron chi connectivity index (χ3n) is 4.64. The first kappa shape index (κ1) is 16.8. The van der Waals surface area contributed by atoms with Gasteiger partial charge in [-0.2, -0.15) is 5.26 Å². The molecule has 0 bridgehead atoms. The molecule has 2 rings (SSSR count). The monoisotopic (exact) mass is 304 g/mol. The number of rotatable bonds is 5. The van der Waals surface area contributed by atoms with Gasteiger partial charge in [-0.3, -0.25) is 0 Å². The van der Waals surface area contributed by atoms with Crippen LogP contribution in [0.2, 0.25) is 0 Å². The predicted octanol–water partition coefficient (Wildman–Crippen LogP) is 5.35. The Labute approximate surface area is 139 Å². The molecule has 0 unspecified atom stereocenters. The first-order valence-corrected chi connectivity index (χ1v) is 7.82. The highest BCUT2D eigenvalue weighted by Crippen LogP contribution is 2.30. The zero-order chi connectivity index (χ0) is 17.0. The Morgan fingerprint density at radius 2 is 1.52 bits per heavy atom. The highest BCUT2D eigenvalue weighted by Gasteiger charge is 2.26. The first-order valence-electron chi connectivity index (χ1n) is 7.82. The van der Waals surface area contributed by atoms with Gasteiger partial charge in [0, 0.05) is 12.7 Å². The molecule has 2 aromatic carbocycles. The Balaban J connectivity index is 2.23. The molecule has 0 aliphatic heterocycles. The molecule has 0 radical (unpaired) electrons. The summed E-state index contributed by atoms with van der Waals surface area (Å²) in [5, 5.41) is 8.90. The highest BCUT2D eigenvalue weighted by atomic mass is 15.2. The summed E-state index contributed by atoms with van der Waals surface area (Å²) in [5.41, 5.74) is 5.47. The molecule has 0 fully saturated rings. The average molecular weight is 304 g/mol. The van der Waals surface area contributed by atoms with E-state index in [1.807, 2.05) is 7.05 Å². The fourth-order valence-electron chi connectivity index (χ4n) is 2.50. The molecular formula is C21H24N2. The number of nitrogens with zero attached hydrogens (tertiary/aromatic N) is 2.